The summed E-state index contributed by atoms with van der Waals surface area (Å²) < 4.78 is 0. The number of hydrogen-bond acceptors (Lipinski definition) is 2. The molecule has 0 aliphatic rings. The van der Waals surface area contributed by atoms with E-state index in [4.69, 9.17) is 0 Å². The third-order valence-corrected chi connectivity index (χ3v) is 0.203. The normalized spacial score (nSPS) is 5.67. The summed E-state index contributed by atoms with van der Waals surface area (Å²) in [5, 5.41) is 0. The van der Waals surface area contributed by atoms with Crippen LogP contribution in [0.5, 0.6) is 0 Å². The quantitative estimate of drug-likeness (QED) is 0.169. The summed E-state index contributed by atoms with van der Waals surface area (Å²) in [5.41, 5.74) is 1.89. The van der Waals surface area contributed by atoms with Crippen LogP contribution in [0.1, 0.15) is 6.92 Å². The third kappa shape index (κ3) is 8.83. The van der Waals surface area contributed by atoms with E-state index in [0.717, 1.165) is 0 Å². The van der Waals surface area contributed by atoms with Gasteiger partial charge in [0.2, 0.25) is 5.91 Å². The van der Waals surface area contributed by atoms with Gasteiger partial charge in [0.15, 0.2) is 0 Å². The molecule has 0 aromatic rings. The Labute approximate surface area is 58.5 Å². The molecule has 31 valence electrons. The monoisotopic (exact) mass is 97.0 g/mol. The minimum Gasteiger partial charge on any atom is -0.295 e. The van der Waals surface area contributed by atoms with Crippen LogP contribution in [-0.4, -0.2) is 35.5 Å². The van der Waals surface area contributed by atoms with Gasteiger partial charge in [0, 0.05) is 36.5 Å². The summed E-state index contributed by atoms with van der Waals surface area (Å²) in [6.45, 7) is 1.35. The van der Waals surface area contributed by atoms with Gasteiger partial charge in [-0.15, -0.1) is 0 Å². The molecule has 0 aliphatic heterocycles. The molecule has 0 aliphatic carbocycles. The standard InChI is InChI=1S/C2H6N2O.Na/c1-2(5)4-3;/h3H2,1H3,(H,4,5);. The number of hydrogen-bond donors (Lipinski definition) is 2. The summed E-state index contributed by atoms with van der Waals surface area (Å²) in [6, 6.07) is 0. The molecule has 4 heteroatoms. The van der Waals surface area contributed by atoms with Crippen LogP contribution in [0.3, 0.4) is 0 Å². The molecule has 0 saturated heterocycles. The second-order valence-electron chi connectivity index (χ2n) is 0.701. The predicted molar refractivity (Wildman–Crippen MR) is 23.8 cm³/mol. The van der Waals surface area contributed by atoms with Crippen molar-refractivity contribution in [2.45, 2.75) is 6.92 Å². The maximum absolute atomic E-state index is 9.58. The van der Waals surface area contributed by atoms with Crippen LogP contribution in [-0.2, 0) is 4.79 Å². The number of amides is 1. The Morgan fingerprint density at radius 2 is 2.00 bits per heavy atom. The molecule has 0 bridgehead atoms. The molecule has 3 N–H and O–H groups in total. The summed E-state index contributed by atoms with van der Waals surface area (Å²) in [6.07, 6.45) is 0. The molecule has 6 heavy (non-hydrogen) atoms. The minimum atomic E-state index is -0.218. The summed E-state index contributed by atoms with van der Waals surface area (Å²) in [5.74, 6) is 4.35. The van der Waals surface area contributed by atoms with E-state index in [1.165, 1.54) is 6.92 Å². The molecule has 1 amide bonds. The fourth-order valence-corrected chi connectivity index (χ4v) is 0. The molecule has 0 atom stereocenters. The Balaban J connectivity index is 0. The number of rotatable bonds is 0. The van der Waals surface area contributed by atoms with Crippen LogP contribution in [0.2, 0.25) is 0 Å². The van der Waals surface area contributed by atoms with Gasteiger partial charge in [0.25, 0.3) is 0 Å². The molecule has 0 spiro atoms. The first-order valence-electron chi connectivity index (χ1n) is 1.24. The van der Waals surface area contributed by atoms with Gasteiger partial charge in [-0.05, 0) is 0 Å². The fraction of sp³-hybridized carbons (Fsp3) is 0.500. The van der Waals surface area contributed by atoms with E-state index in [0.29, 0.717) is 0 Å². The Bertz CT molecular complexity index is 46.8. The predicted octanol–water partition coefficient (Wildman–Crippen LogP) is -1.38. The van der Waals surface area contributed by atoms with Crippen molar-refractivity contribution in [3.63, 3.8) is 0 Å². The second-order valence-corrected chi connectivity index (χ2v) is 0.701. The largest absolute Gasteiger partial charge is 0.295 e. The van der Waals surface area contributed by atoms with E-state index in [1.54, 1.807) is 0 Å². The van der Waals surface area contributed by atoms with Crippen LogP contribution < -0.4 is 11.3 Å². The maximum Gasteiger partial charge on any atom is 0.230 e. The average molecular weight is 97.1 g/mol. The fourth-order valence-electron chi connectivity index (χ4n) is 0. The zero-order chi connectivity index (χ0) is 4.28. The van der Waals surface area contributed by atoms with E-state index in [2.05, 4.69) is 5.84 Å². The van der Waals surface area contributed by atoms with E-state index in [9.17, 15) is 4.79 Å². The van der Waals surface area contributed by atoms with Gasteiger partial charge in [-0.2, -0.15) is 0 Å². The number of nitrogens with two attached hydrogens (primary N) is 1. The van der Waals surface area contributed by atoms with Crippen LogP contribution in [0, 0.1) is 0 Å². The molecular formula is C2H6N2NaO. The van der Waals surface area contributed by atoms with E-state index < -0.39 is 0 Å². The molecule has 0 aromatic carbocycles. The number of carbonyl (C=O) groups is 1. The van der Waals surface area contributed by atoms with Gasteiger partial charge in [0.1, 0.15) is 0 Å². The second kappa shape index (κ2) is 5.43. The smallest absolute Gasteiger partial charge is 0.230 e. The van der Waals surface area contributed by atoms with Gasteiger partial charge in [-0.3, -0.25) is 10.2 Å². The van der Waals surface area contributed by atoms with Gasteiger partial charge in [-0.25, -0.2) is 5.84 Å². The van der Waals surface area contributed by atoms with Crippen LogP contribution in [0.25, 0.3) is 0 Å². The van der Waals surface area contributed by atoms with Crippen LogP contribution >= 0.6 is 0 Å². The molecule has 0 saturated carbocycles. The molecule has 1 radical (unpaired) electrons. The third-order valence-electron chi connectivity index (χ3n) is 0.203. The Hall–Kier alpha value is 0.430. The number of nitrogens with one attached hydrogen (secondary N) is 1. The first-order valence-corrected chi connectivity index (χ1v) is 1.24. The van der Waals surface area contributed by atoms with Crippen LogP contribution in [0.15, 0.2) is 0 Å². The zero-order valence-electron chi connectivity index (χ0n) is 3.99. The zero-order valence-corrected chi connectivity index (χ0v) is 5.99. The van der Waals surface area contributed by atoms with Crippen molar-refractivity contribution in [2.75, 3.05) is 0 Å². The maximum atomic E-state index is 9.58. The summed E-state index contributed by atoms with van der Waals surface area (Å²) in [4.78, 5) is 9.58. The Morgan fingerprint density at radius 1 is 1.83 bits per heavy atom. The summed E-state index contributed by atoms with van der Waals surface area (Å²) >= 11 is 0. The molecule has 0 rings (SSSR count). The van der Waals surface area contributed by atoms with Gasteiger partial charge < -0.3 is 0 Å². The van der Waals surface area contributed by atoms with Crippen molar-refractivity contribution in [2.24, 2.45) is 5.84 Å². The van der Waals surface area contributed by atoms with E-state index in [1.807, 2.05) is 5.43 Å². The average Bonchev–Trinajstić information content (AvgIpc) is 1.38. The van der Waals surface area contributed by atoms with Crippen molar-refractivity contribution in [3.05, 3.63) is 0 Å². The molecule has 0 heterocycles. The minimum absolute atomic E-state index is 0. The Kier molecular flexibility index (Phi) is 8.74. The Morgan fingerprint density at radius 3 is 2.00 bits per heavy atom. The number of hydrazine groups is 1. The molecule has 3 nitrogen and oxygen atoms in total. The van der Waals surface area contributed by atoms with E-state index in [-0.39, 0.29) is 35.5 Å². The SMILES string of the molecule is CC(=O)NN.[Na]. The van der Waals surface area contributed by atoms with Crippen molar-refractivity contribution in [1.82, 2.24) is 5.43 Å². The number of carbonyl (C=O) groups excluding carboxylic acids is 1. The summed E-state index contributed by atoms with van der Waals surface area (Å²) in [7, 11) is 0. The first-order chi connectivity index (χ1) is 2.27. The van der Waals surface area contributed by atoms with Gasteiger partial charge in [-0.1, -0.05) is 0 Å². The molecule has 0 aromatic heterocycles. The molecule has 0 unspecified atom stereocenters. The van der Waals surface area contributed by atoms with Crippen molar-refractivity contribution in [1.29, 1.82) is 0 Å². The van der Waals surface area contributed by atoms with Crippen molar-refractivity contribution >= 4 is 35.5 Å². The van der Waals surface area contributed by atoms with Gasteiger partial charge >= 0.3 is 0 Å². The molecule has 0 fully saturated rings. The van der Waals surface area contributed by atoms with E-state index >= 15 is 0 Å². The van der Waals surface area contributed by atoms with Crippen molar-refractivity contribution < 1.29 is 4.79 Å². The van der Waals surface area contributed by atoms with Crippen LogP contribution in [0.4, 0.5) is 0 Å². The first kappa shape index (κ1) is 9.66. The molecular weight excluding hydrogens is 91.0 g/mol. The topological polar surface area (TPSA) is 55.1 Å². The van der Waals surface area contributed by atoms with Crippen molar-refractivity contribution in [3.8, 4) is 0 Å². The van der Waals surface area contributed by atoms with Gasteiger partial charge in [0.05, 0.1) is 0 Å².